The van der Waals surface area contributed by atoms with Crippen molar-refractivity contribution in [1.82, 2.24) is 9.55 Å². The van der Waals surface area contributed by atoms with Gasteiger partial charge in [-0.25, -0.2) is 0 Å². The summed E-state index contributed by atoms with van der Waals surface area (Å²) in [5.41, 5.74) is 1.72. The van der Waals surface area contributed by atoms with Crippen LogP contribution in [0.1, 0.15) is 19.9 Å². The summed E-state index contributed by atoms with van der Waals surface area (Å²) in [6.07, 6.45) is 0. The van der Waals surface area contributed by atoms with E-state index in [1.54, 1.807) is 0 Å². The lowest BCUT2D eigenvalue weighted by atomic mass is 10.1. The van der Waals surface area contributed by atoms with Gasteiger partial charge in [-0.1, -0.05) is 42.5 Å². The molecule has 0 aliphatic heterocycles. The van der Waals surface area contributed by atoms with Crippen molar-refractivity contribution in [3.05, 3.63) is 65.0 Å². The van der Waals surface area contributed by atoms with Crippen molar-refractivity contribution in [3.63, 3.8) is 0 Å². The summed E-state index contributed by atoms with van der Waals surface area (Å²) in [7, 11) is 0. The average molecular weight is 264 g/mol. The summed E-state index contributed by atoms with van der Waals surface area (Å²) < 4.78 is 2.12. The maximum atomic E-state index is 12.2. The van der Waals surface area contributed by atoms with Crippen LogP contribution in [0.5, 0.6) is 0 Å². The van der Waals surface area contributed by atoms with E-state index in [4.69, 9.17) is 0 Å². The average Bonchev–Trinajstić information content (AvgIpc) is 2.47. The van der Waals surface area contributed by atoms with Crippen LogP contribution in [0.3, 0.4) is 0 Å². The van der Waals surface area contributed by atoms with Crippen molar-refractivity contribution >= 4 is 10.9 Å². The predicted octanol–water partition coefficient (Wildman–Crippen LogP) is 3.64. The third-order valence-corrected chi connectivity index (χ3v) is 3.38. The molecule has 0 aliphatic carbocycles. The molecule has 0 N–H and O–H groups in total. The van der Waals surface area contributed by atoms with Crippen LogP contribution in [0.15, 0.2) is 59.4 Å². The highest BCUT2D eigenvalue weighted by Crippen LogP contribution is 2.24. The van der Waals surface area contributed by atoms with Crippen LogP contribution < -0.4 is 5.56 Å². The first-order chi connectivity index (χ1) is 9.68. The molecular weight excluding hydrogens is 248 g/mol. The Balaban J connectivity index is 2.44. The fourth-order valence-electron chi connectivity index (χ4n) is 2.50. The summed E-state index contributed by atoms with van der Waals surface area (Å²) in [5, 5.41) is 0.667. The quantitative estimate of drug-likeness (QED) is 0.708. The molecule has 0 bridgehead atoms. The second-order valence-electron chi connectivity index (χ2n) is 5.09. The predicted molar refractivity (Wildman–Crippen MR) is 81.8 cm³/mol. The molecule has 0 amide bonds. The summed E-state index contributed by atoms with van der Waals surface area (Å²) >= 11 is 0. The van der Waals surface area contributed by atoms with E-state index in [1.165, 1.54) is 0 Å². The van der Waals surface area contributed by atoms with E-state index in [9.17, 15) is 4.79 Å². The lowest BCUT2D eigenvalue weighted by molar-refractivity contribution is 0.614. The SMILES string of the molecule is CC(C)n1c(-c2ccccc2)nc(=O)c2ccccc21. The first-order valence-corrected chi connectivity index (χ1v) is 6.75. The summed E-state index contributed by atoms with van der Waals surface area (Å²) in [4.78, 5) is 16.5. The normalized spacial score (nSPS) is 11.2. The van der Waals surface area contributed by atoms with Crippen molar-refractivity contribution in [1.29, 1.82) is 0 Å². The van der Waals surface area contributed by atoms with Gasteiger partial charge in [0.2, 0.25) is 0 Å². The van der Waals surface area contributed by atoms with Gasteiger partial charge < -0.3 is 4.57 Å². The Morgan fingerprint density at radius 3 is 2.30 bits per heavy atom. The third-order valence-electron chi connectivity index (χ3n) is 3.38. The van der Waals surface area contributed by atoms with Crippen LogP contribution in [-0.2, 0) is 0 Å². The zero-order chi connectivity index (χ0) is 14.1. The molecule has 0 atom stereocenters. The first kappa shape index (κ1) is 12.6. The minimum absolute atomic E-state index is 0.170. The van der Waals surface area contributed by atoms with Gasteiger partial charge in [-0.3, -0.25) is 4.79 Å². The molecule has 3 heteroatoms. The van der Waals surface area contributed by atoms with Crippen LogP contribution in [0.4, 0.5) is 0 Å². The van der Waals surface area contributed by atoms with Crippen LogP contribution in [0.25, 0.3) is 22.3 Å². The Morgan fingerprint density at radius 1 is 0.950 bits per heavy atom. The van der Waals surface area contributed by atoms with Gasteiger partial charge in [0.05, 0.1) is 10.9 Å². The van der Waals surface area contributed by atoms with Crippen molar-refractivity contribution in [3.8, 4) is 11.4 Å². The zero-order valence-corrected chi connectivity index (χ0v) is 11.6. The molecule has 3 nitrogen and oxygen atoms in total. The lowest BCUT2D eigenvalue weighted by Crippen LogP contribution is -2.17. The highest BCUT2D eigenvalue weighted by atomic mass is 16.1. The molecule has 0 saturated heterocycles. The number of fused-ring (bicyclic) bond motifs is 1. The molecule has 0 spiro atoms. The molecule has 100 valence electrons. The monoisotopic (exact) mass is 264 g/mol. The highest BCUT2D eigenvalue weighted by Gasteiger charge is 2.13. The molecule has 2 aromatic carbocycles. The van der Waals surface area contributed by atoms with Crippen LogP contribution in [-0.4, -0.2) is 9.55 Å². The number of benzene rings is 2. The second-order valence-corrected chi connectivity index (χ2v) is 5.09. The highest BCUT2D eigenvalue weighted by molar-refractivity contribution is 5.80. The Kier molecular flexibility index (Phi) is 3.11. The van der Waals surface area contributed by atoms with E-state index in [0.717, 1.165) is 16.9 Å². The molecule has 1 aromatic heterocycles. The van der Waals surface area contributed by atoms with Gasteiger partial charge in [0.15, 0.2) is 0 Å². The van der Waals surface area contributed by atoms with Crippen LogP contribution in [0, 0.1) is 0 Å². The van der Waals surface area contributed by atoms with Gasteiger partial charge in [0, 0.05) is 11.6 Å². The molecule has 0 fully saturated rings. The molecule has 1 heterocycles. The number of para-hydroxylation sites is 1. The number of hydrogen-bond acceptors (Lipinski definition) is 2. The number of hydrogen-bond donors (Lipinski definition) is 0. The van der Waals surface area contributed by atoms with Crippen molar-refractivity contribution in [2.45, 2.75) is 19.9 Å². The largest absolute Gasteiger partial charge is 0.322 e. The molecule has 0 radical (unpaired) electrons. The fraction of sp³-hybridized carbons (Fsp3) is 0.176. The van der Waals surface area contributed by atoms with E-state index in [-0.39, 0.29) is 11.6 Å². The van der Waals surface area contributed by atoms with Crippen molar-refractivity contribution < 1.29 is 0 Å². The van der Waals surface area contributed by atoms with E-state index in [1.807, 2.05) is 54.6 Å². The van der Waals surface area contributed by atoms with Gasteiger partial charge in [0.1, 0.15) is 5.82 Å². The molecule has 0 unspecified atom stereocenters. The standard InChI is InChI=1S/C17H16N2O/c1-12(2)19-15-11-7-6-10-14(15)17(20)18-16(19)13-8-4-3-5-9-13/h3-12H,1-2H3. The number of rotatable bonds is 2. The number of aromatic nitrogens is 2. The molecule has 0 saturated carbocycles. The van der Waals surface area contributed by atoms with Crippen molar-refractivity contribution in [2.24, 2.45) is 0 Å². The Hall–Kier alpha value is -2.42. The van der Waals surface area contributed by atoms with E-state index in [0.29, 0.717) is 5.39 Å². The molecule has 3 aromatic rings. The van der Waals surface area contributed by atoms with Gasteiger partial charge in [-0.2, -0.15) is 4.98 Å². The summed E-state index contributed by atoms with van der Waals surface area (Å²) in [6.45, 7) is 4.20. The molecule has 20 heavy (non-hydrogen) atoms. The Labute approximate surface area is 117 Å². The molecular formula is C17H16N2O. The Bertz CT molecular complexity index is 804. The summed E-state index contributed by atoms with van der Waals surface area (Å²) in [5.74, 6) is 0.726. The number of nitrogens with zero attached hydrogens (tertiary/aromatic N) is 2. The van der Waals surface area contributed by atoms with Crippen LogP contribution in [0.2, 0.25) is 0 Å². The smallest absolute Gasteiger partial charge is 0.281 e. The van der Waals surface area contributed by atoms with Crippen molar-refractivity contribution in [2.75, 3.05) is 0 Å². The first-order valence-electron chi connectivity index (χ1n) is 6.75. The maximum absolute atomic E-state index is 12.2. The van der Waals surface area contributed by atoms with Gasteiger partial charge in [0.25, 0.3) is 5.56 Å². The minimum atomic E-state index is -0.170. The van der Waals surface area contributed by atoms with E-state index in [2.05, 4.69) is 23.4 Å². The lowest BCUT2D eigenvalue weighted by Gasteiger charge is -2.19. The van der Waals surface area contributed by atoms with E-state index < -0.39 is 0 Å². The van der Waals surface area contributed by atoms with Gasteiger partial charge in [-0.15, -0.1) is 0 Å². The molecule has 0 aliphatic rings. The van der Waals surface area contributed by atoms with Gasteiger partial charge in [-0.05, 0) is 26.0 Å². The Morgan fingerprint density at radius 2 is 1.60 bits per heavy atom. The van der Waals surface area contributed by atoms with Gasteiger partial charge >= 0.3 is 0 Å². The zero-order valence-electron chi connectivity index (χ0n) is 11.6. The van der Waals surface area contributed by atoms with Crippen LogP contribution >= 0.6 is 0 Å². The maximum Gasteiger partial charge on any atom is 0.281 e. The third kappa shape index (κ3) is 2.01. The topological polar surface area (TPSA) is 34.9 Å². The fourth-order valence-corrected chi connectivity index (χ4v) is 2.50. The second kappa shape index (κ2) is 4.93. The van der Waals surface area contributed by atoms with E-state index >= 15 is 0 Å². The minimum Gasteiger partial charge on any atom is -0.322 e. The molecule has 3 rings (SSSR count). The summed E-state index contributed by atoms with van der Waals surface area (Å²) in [6, 6.07) is 17.7.